The number of aromatic nitrogens is 6. The second kappa shape index (κ2) is 18.1. The quantitative estimate of drug-likeness (QED) is 0.145. The minimum Gasteiger partial charge on any atom is -0.378 e. The molecule has 0 bridgehead atoms. The molecular formula is C37H38BrCl2F2N9O5S2. The van der Waals surface area contributed by atoms with Gasteiger partial charge in [-0.1, -0.05) is 30.6 Å². The average molecular weight is 942 g/mol. The lowest BCUT2D eigenvalue weighted by molar-refractivity contribution is 0.122. The predicted molar refractivity (Wildman–Crippen MR) is 224 cm³/mol. The van der Waals surface area contributed by atoms with E-state index < -0.39 is 31.7 Å². The number of benzene rings is 4. The summed E-state index contributed by atoms with van der Waals surface area (Å²) < 4.78 is 93.7. The number of nitrogens with one attached hydrogen (secondary N) is 2. The van der Waals surface area contributed by atoms with E-state index in [1.165, 1.54) is 36.4 Å². The van der Waals surface area contributed by atoms with Crippen molar-refractivity contribution in [3.05, 3.63) is 111 Å². The highest BCUT2D eigenvalue weighted by atomic mass is 79.9. The fourth-order valence-corrected chi connectivity index (χ4v) is 8.40. The number of ether oxygens (including phenoxy) is 1. The summed E-state index contributed by atoms with van der Waals surface area (Å²) in [5.74, 6) is 0.933. The molecule has 0 amide bonds. The molecule has 0 saturated carbocycles. The van der Waals surface area contributed by atoms with Crippen LogP contribution in [0.3, 0.4) is 0 Å². The van der Waals surface area contributed by atoms with Crippen molar-refractivity contribution in [1.29, 1.82) is 0 Å². The summed E-state index contributed by atoms with van der Waals surface area (Å²) >= 11 is 15.2. The number of anilines is 3. The Morgan fingerprint density at radius 2 is 1.12 bits per heavy atom. The molecule has 7 rings (SSSR count). The van der Waals surface area contributed by atoms with Gasteiger partial charge in [0.15, 0.2) is 11.6 Å². The van der Waals surface area contributed by atoms with Gasteiger partial charge in [0.05, 0.1) is 44.5 Å². The molecule has 4 aromatic carbocycles. The normalized spacial score (nSPS) is 13.0. The van der Waals surface area contributed by atoms with Crippen LogP contribution in [-0.4, -0.2) is 72.7 Å². The van der Waals surface area contributed by atoms with E-state index in [4.69, 9.17) is 27.9 Å². The molecule has 308 valence electrons. The van der Waals surface area contributed by atoms with Crippen LogP contribution in [0.2, 0.25) is 10.0 Å². The Labute approximate surface area is 353 Å². The lowest BCUT2D eigenvalue weighted by atomic mass is 10.1. The second-order valence-corrected chi connectivity index (χ2v) is 17.7. The molecule has 1 saturated heterocycles. The van der Waals surface area contributed by atoms with Gasteiger partial charge < -0.3 is 18.8 Å². The number of hydrogen-bond acceptors (Lipinski definition) is 10. The van der Waals surface area contributed by atoms with Gasteiger partial charge in [0.25, 0.3) is 20.0 Å². The highest BCUT2D eigenvalue weighted by Crippen LogP contribution is 2.34. The maximum Gasteiger partial charge on any atom is 0.262 e. The lowest BCUT2D eigenvalue weighted by Gasteiger charge is -2.29. The molecule has 1 aliphatic rings. The summed E-state index contributed by atoms with van der Waals surface area (Å²) in [5, 5.41) is 17.0. The van der Waals surface area contributed by atoms with Crippen molar-refractivity contribution in [3.8, 4) is 22.8 Å². The fraction of sp³-hybridized carbons (Fsp3) is 0.243. The van der Waals surface area contributed by atoms with Gasteiger partial charge >= 0.3 is 0 Å². The van der Waals surface area contributed by atoms with Crippen molar-refractivity contribution in [2.75, 3.05) is 40.6 Å². The third kappa shape index (κ3) is 9.78. The molecule has 0 atom stereocenters. The summed E-state index contributed by atoms with van der Waals surface area (Å²) in [6.07, 6.45) is 0. The topological polar surface area (TPSA) is 166 Å². The van der Waals surface area contributed by atoms with Gasteiger partial charge in [-0.3, -0.25) is 9.44 Å². The van der Waals surface area contributed by atoms with Gasteiger partial charge in [-0.05, 0) is 103 Å². The number of rotatable bonds is 9. The van der Waals surface area contributed by atoms with Gasteiger partial charge in [-0.15, -0.1) is 20.4 Å². The molecule has 6 aromatic rings. The van der Waals surface area contributed by atoms with Crippen LogP contribution in [0.15, 0.2) is 87.1 Å². The number of morpholine rings is 1. The van der Waals surface area contributed by atoms with Crippen molar-refractivity contribution in [1.82, 2.24) is 29.5 Å². The van der Waals surface area contributed by atoms with Crippen molar-refractivity contribution in [3.63, 3.8) is 0 Å². The molecule has 21 heteroatoms. The zero-order chi connectivity index (χ0) is 41.2. The standard InChI is InChI=1S/C20H21ClFN5O3S.C16H13BrClFN4O2S.CH4/c1-13-23-24-20(26(13)2)16-11-14(21)3-5-18(16)25-31(28,29)15-4-6-19(17(22)12-15)27-7-9-30-10-8-27;1-9-20-21-16(23(9)2)12-7-10(18)3-6-15(12)22-26(24,25)11-4-5-13(17)14(19)8-11;/h3-6,11-12,25H,7-10H2,1-2H3;3-8,22H,1-2H3;1H4. The van der Waals surface area contributed by atoms with E-state index in [9.17, 15) is 25.6 Å². The monoisotopic (exact) mass is 939 g/mol. The predicted octanol–water partition coefficient (Wildman–Crippen LogP) is 8.00. The first-order valence-electron chi connectivity index (χ1n) is 16.9. The summed E-state index contributed by atoms with van der Waals surface area (Å²) in [4.78, 5) is 1.45. The van der Waals surface area contributed by atoms with Crippen LogP contribution in [0.4, 0.5) is 25.8 Å². The first kappa shape index (κ1) is 44.4. The van der Waals surface area contributed by atoms with E-state index in [2.05, 4.69) is 45.8 Å². The van der Waals surface area contributed by atoms with E-state index in [0.717, 1.165) is 12.1 Å². The highest BCUT2D eigenvalue weighted by Gasteiger charge is 2.24. The number of aryl methyl sites for hydroxylation is 2. The zero-order valence-corrected chi connectivity index (χ0v) is 35.4. The van der Waals surface area contributed by atoms with Crippen LogP contribution < -0.4 is 14.3 Å². The SMILES string of the molecule is C.Cc1nnc(-c2cc(Cl)ccc2NS(=O)(=O)c2ccc(Br)c(F)c2)n1C.Cc1nnc(-c2cc(Cl)ccc2NS(=O)(=O)c2ccc(N3CCOCC3)c(F)c2)n1C. The highest BCUT2D eigenvalue weighted by molar-refractivity contribution is 9.10. The lowest BCUT2D eigenvalue weighted by Crippen LogP contribution is -2.36. The molecular weight excluding hydrogens is 903 g/mol. The van der Waals surface area contributed by atoms with E-state index >= 15 is 0 Å². The molecule has 2 N–H and O–H groups in total. The molecule has 58 heavy (non-hydrogen) atoms. The van der Waals surface area contributed by atoms with Crippen molar-refractivity contribution in [2.45, 2.75) is 31.1 Å². The van der Waals surface area contributed by atoms with Crippen LogP contribution in [0, 0.1) is 25.5 Å². The smallest absolute Gasteiger partial charge is 0.262 e. The van der Waals surface area contributed by atoms with E-state index in [0.29, 0.717) is 76.5 Å². The van der Waals surface area contributed by atoms with Crippen LogP contribution in [-0.2, 0) is 38.9 Å². The molecule has 14 nitrogen and oxygen atoms in total. The Kier molecular flexibility index (Phi) is 13.9. The third-order valence-corrected chi connectivity index (χ3v) is 12.7. The molecule has 1 aliphatic heterocycles. The Hall–Kier alpha value is -4.66. The van der Waals surface area contributed by atoms with Gasteiger partial charge in [-0.25, -0.2) is 25.6 Å². The largest absolute Gasteiger partial charge is 0.378 e. The summed E-state index contributed by atoms with van der Waals surface area (Å²) in [6.45, 7) is 5.65. The minimum absolute atomic E-state index is 0. The average Bonchev–Trinajstić information content (AvgIpc) is 3.69. The summed E-state index contributed by atoms with van der Waals surface area (Å²) in [5.41, 5.74) is 1.79. The van der Waals surface area contributed by atoms with Gasteiger partial charge in [-0.2, -0.15) is 0 Å². The fourth-order valence-electron chi connectivity index (χ4n) is 5.63. The number of halogens is 5. The van der Waals surface area contributed by atoms with Gasteiger partial charge in [0.1, 0.15) is 23.3 Å². The van der Waals surface area contributed by atoms with Crippen LogP contribution >= 0.6 is 39.1 Å². The van der Waals surface area contributed by atoms with Crippen LogP contribution in [0.5, 0.6) is 0 Å². The molecule has 0 unspecified atom stereocenters. The zero-order valence-electron chi connectivity index (χ0n) is 30.6. The van der Waals surface area contributed by atoms with E-state index in [1.54, 1.807) is 61.3 Å². The first-order chi connectivity index (χ1) is 26.9. The minimum atomic E-state index is -4.07. The summed E-state index contributed by atoms with van der Waals surface area (Å²) in [7, 11) is -4.55. The maximum absolute atomic E-state index is 14.7. The van der Waals surface area contributed by atoms with Crippen molar-refractivity contribution < 1.29 is 30.4 Å². The third-order valence-electron chi connectivity index (χ3n) is 8.90. The molecule has 0 aliphatic carbocycles. The summed E-state index contributed by atoms with van der Waals surface area (Å²) in [6, 6.07) is 16.8. The van der Waals surface area contributed by atoms with Crippen molar-refractivity contribution >= 4 is 76.2 Å². The van der Waals surface area contributed by atoms with E-state index in [-0.39, 0.29) is 33.1 Å². The van der Waals surface area contributed by atoms with Crippen LogP contribution in [0.1, 0.15) is 19.1 Å². The Morgan fingerprint density at radius 1 is 0.672 bits per heavy atom. The van der Waals surface area contributed by atoms with Crippen molar-refractivity contribution in [2.24, 2.45) is 14.1 Å². The maximum atomic E-state index is 14.7. The molecule has 1 fully saturated rings. The molecule has 0 radical (unpaired) electrons. The number of sulfonamides is 2. The van der Waals surface area contributed by atoms with Crippen LogP contribution in [0.25, 0.3) is 22.8 Å². The number of hydrogen-bond donors (Lipinski definition) is 2. The molecule has 2 aromatic heterocycles. The first-order valence-corrected chi connectivity index (χ1v) is 21.4. The van der Waals surface area contributed by atoms with E-state index in [1.807, 2.05) is 4.90 Å². The Morgan fingerprint density at radius 3 is 1.53 bits per heavy atom. The molecule has 0 spiro atoms. The van der Waals surface area contributed by atoms with Gasteiger partial charge in [0, 0.05) is 48.4 Å². The Balaban J connectivity index is 0.000000221. The second-order valence-electron chi connectivity index (χ2n) is 12.6. The van der Waals surface area contributed by atoms with Gasteiger partial charge in [0.2, 0.25) is 0 Å². The Bertz CT molecular complexity index is 2700. The number of nitrogens with zero attached hydrogens (tertiary/aromatic N) is 7. The molecule has 3 heterocycles.